The largest absolute Gasteiger partial charge is 0.449 e. The minimum Gasteiger partial charge on any atom is -0.449 e. The lowest BCUT2D eigenvalue weighted by Crippen LogP contribution is -2.30. The lowest BCUT2D eigenvalue weighted by molar-refractivity contribution is -0.125. The lowest BCUT2D eigenvalue weighted by atomic mass is 10.2. The smallest absolute Gasteiger partial charge is 0.340 e. The summed E-state index contributed by atoms with van der Waals surface area (Å²) < 4.78 is 7.06. The molecule has 1 aromatic carbocycles. The first-order valence-corrected chi connectivity index (χ1v) is 7.07. The van der Waals surface area contributed by atoms with Crippen molar-refractivity contribution in [3.63, 3.8) is 0 Å². The highest BCUT2D eigenvalue weighted by Crippen LogP contribution is 2.22. The average molecular weight is 300 g/mol. The van der Waals surface area contributed by atoms with Crippen LogP contribution in [0.25, 0.3) is 5.69 Å². The van der Waals surface area contributed by atoms with Crippen LogP contribution in [0.5, 0.6) is 0 Å². The van der Waals surface area contributed by atoms with Crippen LogP contribution in [0.4, 0.5) is 0 Å². The summed E-state index contributed by atoms with van der Waals surface area (Å²) >= 11 is 0. The van der Waals surface area contributed by atoms with E-state index in [2.05, 4.69) is 0 Å². The van der Waals surface area contributed by atoms with Crippen molar-refractivity contribution in [3.05, 3.63) is 52.8 Å². The van der Waals surface area contributed by atoms with Crippen molar-refractivity contribution >= 4 is 11.9 Å². The maximum absolute atomic E-state index is 12.2. The van der Waals surface area contributed by atoms with Crippen LogP contribution in [-0.2, 0) is 9.53 Å². The molecule has 0 bridgehead atoms. The van der Waals surface area contributed by atoms with Crippen LogP contribution in [0.1, 0.15) is 34.2 Å². The summed E-state index contributed by atoms with van der Waals surface area (Å²) in [5.41, 5.74) is 9.36. The van der Waals surface area contributed by atoms with E-state index >= 15 is 0 Å². The van der Waals surface area contributed by atoms with Gasteiger partial charge in [-0.3, -0.25) is 4.79 Å². The van der Waals surface area contributed by atoms with Crippen molar-refractivity contribution in [2.24, 2.45) is 5.73 Å². The fourth-order valence-electron chi connectivity index (χ4n) is 2.42. The third-order valence-electron chi connectivity index (χ3n) is 3.60. The van der Waals surface area contributed by atoms with Crippen LogP contribution in [0.3, 0.4) is 0 Å². The first kappa shape index (κ1) is 15.8. The molecule has 0 saturated carbocycles. The summed E-state index contributed by atoms with van der Waals surface area (Å²) in [7, 11) is 0. The van der Waals surface area contributed by atoms with Gasteiger partial charge in [-0.2, -0.15) is 0 Å². The van der Waals surface area contributed by atoms with Gasteiger partial charge >= 0.3 is 5.97 Å². The molecule has 1 aromatic heterocycles. The number of carbonyl (C=O) groups excluding carboxylic acids is 2. The van der Waals surface area contributed by atoms with Gasteiger partial charge in [0.05, 0.1) is 5.56 Å². The molecule has 5 nitrogen and oxygen atoms in total. The molecule has 2 N–H and O–H groups in total. The van der Waals surface area contributed by atoms with Crippen molar-refractivity contribution in [3.8, 4) is 5.69 Å². The molecule has 0 saturated heterocycles. The number of hydrogen-bond donors (Lipinski definition) is 1. The van der Waals surface area contributed by atoms with E-state index in [9.17, 15) is 9.59 Å². The normalized spacial score (nSPS) is 12.0. The van der Waals surface area contributed by atoms with Crippen LogP contribution < -0.4 is 5.73 Å². The number of nitrogens with zero attached hydrogens (tertiary/aromatic N) is 1. The van der Waals surface area contributed by atoms with Gasteiger partial charge in [0.15, 0.2) is 6.10 Å². The standard InChI is InChI=1S/C17H20N2O3/c1-10-6-5-7-14(8-10)19-11(2)9-15(12(19)3)17(21)22-13(4)16(18)20/h5-9,13H,1-4H3,(H2,18,20). The minimum atomic E-state index is -0.950. The molecule has 0 radical (unpaired) electrons. The Labute approximate surface area is 129 Å². The fraction of sp³-hybridized carbons (Fsp3) is 0.294. The Morgan fingerprint density at radius 1 is 1.18 bits per heavy atom. The SMILES string of the molecule is Cc1cccc(-n2c(C)cc(C(=O)OC(C)C(N)=O)c2C)c1. The van der Waals surface area contributed by atoms with E-state index in [1.165, 1.54) is 6.92 Å². The Morgan fingerprint density at radius 2 is 1.86 bits per heavy atom. The Hall–Kier alpha value is -2.56. The molecule has 1 unspecified atom stereocenters. The molecule has 22 heavy (non-hydrogen) atoms. The number of aryl methyl sites for hydroxylation is 2. The van der Waals surface area contributed by atoms with Crippen LogP contribution in [0, 0.1) is 20.8 Å². The number of carbonyl (C=O) groups is 2. The molecule has 2 rings (SSSR count). The Kier molecular flexibility index (Phi) is 4.35. The van der Waals surface area contributed by atoms with Gasteiger partial charge in [0, 0.05) is 17.1 Å². The van der Waals surface area contributed by atoms with Crippen LogP contribution in [0.15, 0.2) is 30.3 Å². The van der Waals surface area contributed by atoms with E-state index < -0.39 is 18.0 Å². The first-order chi connectivity index (χ1) is 10.3. The number of nitrogens with two attached hydrogens (primary N) is 1. The number of esters is 1. The molecular formula is C17H20N2O3. The molecular weight excluding hydrogens is 280 g/mol. The second kappa shape index (κ2) is 6.05. The zero-order chi connectivity index (χ0) is 16.4. The summed E-state index contributed by atoms with van der Waals surface area (Å²) in [5.74, 6) is -1.21. The lowest BCUT2D eigenvalue weighted by Gasteiger charge is -2.12. The number of aromatic nitrogens is 1. The average Bonchev–Trinajstić information content (AvgIpc) is 2.73. The van der Waals surface area contributed by atoms with E-state index in [1.807, 2.05) is 49.6 Å². The molecule has 5 heteroatoms. The number of amides is 1. The van der Waals surface area contributed by atoms with Gasteiger partial charge < -0.3 is 15.0 Å². The summed E-state index contributed by atoms with van der Waals surface area (Å²) in [6.45, 7) is 7.24. The van der Waals surface area contributed by atoms with Crippen molar-refractivity contribution in [1.82, 2.24) is 4.57 Å². The summed E-state index contributed by atoms with van der Waals surface area (Å²) in [5, 5.41) is 0. The van der Waals surface area contributed by atoms with Crippen molar-refractivity contribution in [2.75, 3.05) is 0 Å². The molecule has 1 heterocycles. The zero-order valence-corrected chi connectivity index (χ0v) is 13.2. The summed E-state index contributed by atoms with van der Waals surface area (Å²) in [4.78, 5) is 23.2. The van der Waals surface area contributed by atoms with Crippen molar-refractivity contribution < 1.29 is 14.3 Å². The van der Waals surface area contributed by atoms with Gasteiger partial charge in [-0.1, -0.05) is 12.1 Å². The molecule has 116 valence electrons. The molecule has 0 aliphatic carbocycles. The highest BCUT2D eigenvalue weighted by Gasteiger charge is 2.21. The minimum absolute atomic E-state index is 0.437. The quantitative estimate of drug-likeness (QED) is 0.881. The highest BCUT2D eigenvalue weighted by atomic mass is 16.5. The van der Waals surface area contributed by atoms with Gasteiger partial charge in [0.2, 0.25) is 0 Å². The summed E-state index contributed by atoms with van der Waals surface area (Å²) in [6.07, 6.45) is -0.950. The molecule has 0 spiro atoms. The van der Waals surface area contributed by atoms with E-state index in [0.29, 0.717) is 5.56 Å². The van der Waals surface area contributed by atoms with E-state index in [4.69, 9.17) is 10.5 Å². The van der Waals surface area contributed by atoms with Gasteiger partial charge in [0.25, 0.3) is 5.91 Å². The fourth-order valence-corrected chi connectivity index (χ4v) is 2.42. The number of rotatable bonds is 4. The zero-order valence-electron chi connectivity index (χ0n) is 13.2. The number of benzene rings is 1. The third-order valence-corrected chi connectivity index (χ3v) is 3.60. The second-order valence-electron chi connectivity index (χ2n) is 5.41. The van der Waals surface area contributed by atoms with E-state index in [1.54, 1.807) is 6.07 Å². The van der Waals surface area contributed by atoms with E-state index in [-0.39, 0.29) is 0 Å². The second-order valence-corrected chi connectivity index (χ2v) is 5.41. The van der Waals surface area contributed by atoms with Crippen molar-refractivity contribution in [1.29, 1.82) is 0 Å². The maximum atomic E-state index is 12.2. The van der Waals surface area contributed by atoms with E-state index in [0.717, 1.165) is 22.6 Å². The Balaban J connectivity index is 2.39. The first-order valence-electron chi connectivity index (χ1n) is 7.07. The van der Waals surface area contributed by atoms with Crippen LogP contribution in [-0.4, -0.2) is 22.5 Å². The van der Waals surface area contributed by atoms with Gasteiger partial charge in [-0.25, -0.2) is 4.79 Å². The molecule has 1 amide bonds. The maximum Gasteiger partial charge on any atom is 0.340 e. The predicted octanol–water partition coefficient (Wildman–Crippen LogP) is 2.43. The Morgan fingerprint density at radius 3 is 2.45 bits per heavy atom. The molecule has 0 fully saturated rings. The molecule has 2 aromatic rings. The number of primary amides is 1. The third kappa shape index (κ3) is 3.03. The number of hydrogen-bond acceptors (Lipinski definition) is 3. The molecule has 1 atom stereocenters. The highest BCUT2D eigenvalue weighted by molar-refractivity contribution is 5.93. The predicted molar refractivity (Wildman–Crippen MR) is 84.1 cm³/mol. The van der Waals surface area contributed by atoms with Crippen LogP contribution >= 0.6 is 0 Å². The monoisotopic (exact) mass is 300 g/mol. The summed E-state index contributed by atoms with van der Waals surface area (Å²) in [6, 6.07) is 9.76. The van der Waals surface area contributed by atoms with Crippen molar-refractivity contribution in [2.45, 2.75) is 33.8 Å². The molecule has 0 aliphatic heterocycles. The molecule has 0 aliphatic rings. The van der Waals surface area contributed by atoms with Gasteiger partial charge in [0.1, 0.15) is 0 Å². The van der Waals surface area contributed by atoms with Crippen LogP contribution in [0.2, 0.25) is 0 Å². The topological polar surface area (TPSA) is 74.3 Å². The Bertz CT molecular complexity index is 732. The number of ether oxygens (including phenoxy) is 1. The van der Waals surface area contributed by atoms with Gasteiger partial charge in [-0.15, -0.1) is 0 Å². The van der Waals surface area contributed by atoms with Gasteiger partial charge in [-0.05, 0) is 51.5 Å².